The maximum absolute atomic E-state index is 13.4. The van der Waals surface area contributed by atoms with Crippen molar-refractivity contribution in [3.63, 3.8) is 0 Å². The van der Waals surface area contributed by atoms with Crippen LogP contribution in [0.15, 0.2) is 53.4 Å². The van der Waals surface area contributed by atoms with E-state index in [1.54, 1.807) is 40.7 Å². The predicted molar refractivity (Wildman–Crippen MR) is 101 cm³/mol. The van der Waals surface area contributed by atoms with E-state index < -0.39 is 16.1 Å². The molecule has 6 heteroatoms. The van der Waals surface area contributed by atoms with Gasteiger partial charge in [-0.1, -0.05) is 41.4 Å². The summed E-state index contributed by atoms with van der Waals surface area (Å²) >= 11 is 6.00. The molecule has 0 radical (unpaired) electrons. The Morgan fingerprint density at radius 1 is 1.00 bits per heavy atom. The Morgan fingerprint density at radius 2 is 1.65 bits per heavy atom. The predicted octanol–water partition coefficient (Wildman–Crippen LogP) is 4.13. The molecule has 0 unspecified atom stereocenters. The van der Waals surface area contributed by atoms with Crippen molar-refractivity contribution in [3.8, 4) is 0 Å². The highest BCUT2D eigenvalue weighted by Crippen LogP contribution is 2.48. The average Bonchev–Trinajstić information content (AvgIpc) is 2.62. The van der Waals surface area contributed by atoms with Gasteiger partial charge in [-0.3, -0.25) is 4.79 Å². The van der Waals surface area contributed by atoms with E-state index in [4.69, 9.17) is 11.6 Å². The molecule has 2 saturated heterocycles. The lowest BCUT2D eigenvalue weighted by Crippen LogP contribution is -2.56. The molecule has 3 aliphatic rings. The highest BCUT2D eigenvalue weighted by molar-refractivity contribution is 7.89. The van der Waals surface area contributed by atoms with Crippen molar-refractivity contribution in [1.82, 2.24) is 4.31 Å². The van der Waals surface area contributed by atoms with Crippen LogP contribution < -0.4 is 0 Å². The van der Waals surface area contributed by atoms with Crippen LogP contribution in [0.3, 0.4) is 0 Å². The first-order valence-corrected chi connectivity index (χ1v) is 10.6. The van der Waals surface area contributed by atoms with Gasteiger partial charge in [0, 0.05) is 23.4 Å². The first kappa shape index (κ1) is 17.7. The van der Waals surface area contributed by atoms with Crippen LogP contribution in [0.1, 0.15) is 36.4 Å². The van der Waals surface area contributed by atoms with Gasteiger partial charge in [-0.05, 0) is 49.6 Å². The van der Waals surface area contributed by atoms with E-state index >= 15 is 0 Å². The van der Waals surface area contributed by atoms with Gasteiger partial charge >= 0.3 is 0 Å². The Kier molecular flexibility index (Phi) is 4.41. The maximum atomic E-state index is 13.4. The summed E-state index contributed by atoms with van der Waals surface area (Å²) in [5.74, 6) is -0.127. The van der Waals surface area contributed by atoms with Crippen LogP contribution in [0, 0.1) is 12.8 Å². The minimum absolute atomic E-state index is 0.163. The molecular formula is C20H20ClNO3S. The van der Waals surface area contributed by atoms with Crippen LogP contribution in [0.4, 0.5) is 0 Å². The molecule has 0 amide bonds. The summed E-state index contributed by atoms with van der Waals surface area (Å²) in [6.45, 7) is 1.93. The van der Waals surface area contributed by atoms with Crippen molar-refractivity contribution in [2.45, 2.75) is 43.2 Å². The molecule has 2 aromatic rings. The molecule has 0 spiro atoms. The number of halogens is 1. The Hall–Kier alpha value is -1.69. The van der Waals surface area contributed by atoms with Gasteiger partial charge in [0.25, 0.3) is 0 Å². The van der Waals surface area contributed by atoms with Crippen molar-refractivity contribution in [3.05, 3.63) is 64.7 Å². The van der Waals surface area contributed by atoms with Crippen LogP contribution in [0.25, 0.3) is 0 Å². The summed E-state index contributed by atoms with van der Waals surface area (Å²) in [6.07, 6.45) is 1.77. The third kappa shape index (κ3) is 2.88. The van der Waals surface area contributed by atoms with E-state index in [0.717, 1.165) is 24.0 Å². The molecule has 0 N–H and O–H groups in total. The molecule has 3 atom stereocenters. The lowest BCUT2D eigenvalue weighted by Gasteiger charge is -2.49. The Morgan fingerprint density at radius 3 is 2.27 bits per heavy atom. The summed E-state index contributed by atoms with van der Waals surface area (Å²) in [5, 5.41) is 0.592. The SMILES string of the molecule is Cc1ccc(S(=O)(=O)N2[C@H]3CC[C@H](C(=O)C3)[C@@H]2c2ccc(Cl)cc2)cc1. The molecule has 1 saturated carbocycles. The number of Topliss-reactive ketones (excluding diaryl/α,β-unsaturated/α-hetero) is 1. The van der Waals surface area contributed by atoms with Gasteiger partial charge in [-0.25, -0.2) is 8.42 Å². The zero-order chi connectivity index (χ0) is 18.5. The number of ketones is 1. The molecule has 1 aliphatic carbocycles. The summed E-state index contributed by atoms with van der Waals surface area (Å²) in [6, 6.07) is 13.3. The third-order valence-corrected chi connectivity index (χ3v) is 7.68. The molecular weight excluding hydrogens is 370 g/mol. The van der Waals surface area contributed by atoms with Gasteiger partial charge in [0.2, 0.25) is 10.0 Å². The molecule has 26 heavy (non-hydrogen) atoms. The minimum Gasteiger partial charge on any atom is -0.299 e. The lowest BCUT2D eigenvalue weighted by molar-refractivity contribution is -0.133. The largest absolute Gasteiger partial charge is 0.299 e. The Balaban J connectivity index is 1.82. The highest BCUT2D eigenvalue weighted by Gasteiger charge is 2.52. The van der Waals surface area contributed by atoms with Gasteiger partial charge < -0.3 is 0 Å². The van der Waals surface area contributed by atoms with E-state index in [-0.39, 0.29) is 22.6 Å². The third-order valence-electron chi connectivity index (χ3n) is 5.48. The van der Waals surface area contributed by atoms with Crippen LogP contribution >= 0.6 is 11.6 Å². The second kappa shape index (κ2) is 6.48. The molecule has 2 aliphatic heterocycles. The number of fused-ring (bicyclic) bond motifs is 3. The fraction of sp³-hybridized carbons (Fsp3) is 0.350. The lowest BCUT2D eigenvalue weighted by atomic mass is 9.73. The molecule has 2 heterocycles. The van der Waals surface area contributed by atoms with Crippen molar-refractivity contribution in [1.29, 1.82) is 0 Å². The number of sulfonamides is 1. The molecule has 3 fully saturated rings. The number of carbonyl (C=O) groups excluding carboxylic acids is 1. The standard InChI is InChI=1S/C20H20ClNO3S/c1-13-2-9-17(10-3-13)26(24,25)22-16-8-11-18(19(23)12-16)20(22)14-4-6-15(21)7-5-14/h2-7,9-10,16,18,20H,8,11-12H2,1H3/t16-,18+,20-/m0/s1. The zero-order valence-corrected chi connectivity index (χ0v) is 16.0. The van der Waals surface area contributed by atoms with Crippen LogP contribution in [-0.2, 0) is 14.8 Å². The quantitative estimate of drug-likeness (QED) is 0.793. The van der Waals surface area contributed by atoms with Gasteiger partial charge in [-0.15, -0.1) is 0 Å². The number of piperidine rings is 2. The van der Waals surface area contributed by atoms with Crippen LogP contribution in [-0.4, -0.2) is 24.5 Å². The van der Waals surface area contributed by atoms with E-state index in [1.165, 1.54) is 0 Å². The van der Waals surface area contributed by atoms with E-state index in [0.29, 0.717) is 11.4 Å². The topological polar surface area (TPSA) is 54.5 Å². The van der Waals surface area contributed by atoms with Gasteiger partial charge in [0.15, 0.2) is 0 Å². The summed E-state index contributed by atoms with van der Waals surface area (Å²) in [4.78, 5) is 12.8. The highest BCUT2D eigenvalue weighted by atomic mass is 35.5. The van der Waals surface area contributed by atoms with Gasteiger partial charge in [0.05, 0.1) is 10.9 Å². The molecule has 4 nitrogen and oxygen atoms in total. The van der Waals surface area contributed by atoms with Crippen LogP contribution in [0.2, 0.25) is 5.02 Å². The number of aryl methyl sites for hydroxylation is 1. The van der Waals surface area contributed by atoms with E-state index in [1.807, 2.05) is 19.1 Å². The fourth-order valence-electron chi connectivity index (χ4n) is 4.19. The van der Waals surface area contributed by atoms with Crippen molar-refractivity contribution in [2.75, 3.05) is 0 Å². The number of hydrogen-bond acceptors (Lipinski definition) is 3. The number of hydrogen-bond donors (Lipinski definition) is 0. The van der Waals surface area contributed by atoms with Crippen molar-refractivity contribution < 1.29 is 13.2 Å². The van der Waals surface area contributed by atoms with Crippen molar-refractivity contribution in [2.24, 2.45) is 5.92 Å². The molecule has 5 rings (SSSR count). The second-order valence-corrected chi connectivity index (χ2v) is 9.43. The normalized spacial score (nSPS) is 26.2. The first-order chi connectivity index (χ1) is 12.4. The minimum atomic E-state index is -3.69. The molecule has 2 aromatic carbocycles. The molecule has 2 bridgehead atoms. The van der Waals surface area contributed by atoms with E-state index in [2.05, 4.69) is 0 Å². The number of carbonyl (C=O) groups is 1. The van der Waals surface area contributed by atoms with Crippen molar-refractivity contribution >= 4 is 27.4 Å². The first-order valence-electron chi connectivity index (χ1n) is 8.76. The van der Waals surface area contributed by atoms with Gasteiger partial charge in [0.1, 0.15) is 5.78 Å². The second-order valence-electron chi connectivity index (χ2n) is 7.15. The maximum Gasteiger partial charge on any atom is 0.243 e. The summed E-state index contributed by atoms with van der Waals surface area (Å²) < 4.78 is 28.4. The zero-order valence-electron chi connectivity index (χ0n) is 14.4. The summed E-state index contributed by atoms with van der Waals surface area (Å²) in [7, 11) is -3.69. The van der Waals surface area contributed by atoms with Gasteiger partial charge in [-0.2, -0.15) is 4.31 Å². The number of nitrogens with zero attached hydrogens (tertiary/aromatic N) is 1. The Bertz CT molecular complexity index is 938. The average molecular weight is 390 g/mol. The number of benzene rings is 2. The molecule has 136 valence electrons. The van der Waals surface area contributed by atoms with Crippen LogP contribution in [0.5, 0.6) is 0 Å². The summed E-state index contributed by atoms with van der Waals surface area (Å²) in [5.41, 5.74) is 1.83. The molecule has 0 aromatic heterocycles. The monoisotopic (exact) mass is 389 g/mol. The van der Waals surface area contributed by atoms with E-state index in [9.17, 15) is 13.2 Å². The fourth-order valence-corrected chi connectivity index (χ4v) is 6.18. The number of rotatable bonds is 3. The smallest absolute Gasteiger partial charge is 0.243 e. The Labute approximate surface area is 158 Å².